The van der Waals surface area contributed by atoms with Gasteiger partial charge in [0.1, 0.15) is 6.54 Å². The van der Waals surface area contributed by atoms with Gasteiger partial charge in [0.05, 0.1) is 12.2 Å². The minimum atomic E-state index is -0.386. The molecule has 0 unspecified atom stereocenters. The first-order chi connectivity index (χ1) is 9.24. The Balaban J connectivity index is 2.19. The Hall–Kier alpha value is -1.75. The van der Waals surface area contributed by atoms with Gasteiger partial charge in [0.2, 0.25) is 5.91 Å². The summed E-state index contributed by atoms with van der Waals surface area (Å²) in [7, 11) is 0. The molecular weight excluding hydrogens is 280 g/mol. The number of nitrogens with one attached hydrogen (secondary N) is 1. The van der Waals surface area contributed by atoms with Crippen LogP contribution in [0.25, 0.3) is 0 Å². The Morgan fingerprint density at radius 1 is 1.45 bits per heavy atom. The van der Waals surface area contributed by atoms with E-state index in [1.165, 1.54) is 0 Å². The monoisotopic (exact) mass is 296 g/mol. The van der Waals surface area contributed by atoms with E-state index in [4.69, 9.17) is 16.3 Å². The van der Waals surface area contributed by atoms with Crippen LogP contribution in [-0.2, 0) is 9.59 Å². The number of halogens is 1. The number of hydrogen-bond acceptors (Lipinski definition) is 4. The normalized spacial score (nSPS) is 14.6. The molecule has 20 heavy (non-hydrogen) atoms. The van der Waals surface area contributed by atoms with Gasteiger partial charge < -0.3 is 15.0 Å². The molecule has 108 valence electrons. The molecule has 1 aromatic carbocycles. The van der Waals surface area contributed by atoms with E-state index < -0.39 is 0 Å². The molecule has 0 aliphatic carbocycles. The maximum absolute atomic E-state index is 12.0. The summed E-state index contributed by atoms with van der Waals surface area (Å²) in [4.78, 5) is 25.2. The van der Waals surface area contributed by atoms with Crippen molar-refractivity contribution in [3.63, 3.8) is 0 Å². The maximum Gasteiger partial charge on any atom is 0.331 e. The van der Waals surface area contributed by atoms with E-state index in [2.05, 4.69) is 5.32 Å². The quantitative estimate of drug-likeness (QED) is 0.670. The summed E-state index contributed by atoms with van der Waals surface area (Å²) in [6, 6.07) is 4.96. The third kappa shape index (κ3) is 3.63. The zero-order chi connectivity index (χ0) is 14.9. The lowest BCUT2D eigenvalue weighted by molar-refractivity contribution is -0.133. The van der Waals surface area contributed by atoms with Crippen LogP contribution in [0.15, 0.2) is 18.2 Å². The molecule has 0 saturated carbocycles. The van der Waals surface area contributed by atoms with Gasteiger partial charge in [-0.1, -0.05) is 11.6 Å². The Morgan fingerprint density at radius 2 is 2.15 bits per heavy atom. The van der Waals surface area contributed by atoms with Crippen molar-refractivity contribution in [2.45, 2.75) is 26.3 Å². The highest BCUT2D eigenvalue weighted by atomic mass is 35.5. The molecule has 1 aliphatic rings. The van der Waals surface area contributed by atoms with Gasteiger partial charge in [-0.15, -0.1) is 0 Å². The minimum absolute atomic E-state index is 0.0326. The summed E-state index contributed by atoms with van der Waals surface area (Å²) in [6.45, 7) is 5.82. The highest BCUT2D eigenvalue weighted by Crippen LogP contribution is 2.34. The zero-order valence-corrected chi connectivity index (χ0v) is 12.5. The number of fused-ring (bicyclic) bond motifs is 1. The molecule has 1 heterocycles. The van der Waals surface area contributed by atoms with Gasteiger partial charge in [-0.3, -0.25) is 4.79 Å². The molecule has 5 nitrogen and oxygen atoms in total. The Kier molecular flexibility index (Phi) is 3.90. The van der Waals surface area contributed by atoms with Crippen LogP contribution in [-0.4, -0.2) is 30.5 Å². The van der Waals surface area contributed by atoms with Crippen LogP contribution in [0.5, 0.6) is 5.75 Å². The van der Waals surface area contributed by atoms with Gasteiger partial charge in [0, 0.05) is 10.6 Å². The van der Waals surface area contributed by atoms with E-state index in [1.54, 1.807) is 23.1 Å². The van der Waals surface area contributed by atoms with Crippen molar-refractivity contribution in [2.75, 3.05) is 18.0 Å². The number of anilines is 1. The topological polar surface area (TPSA) is 58.6 Å². The number of carbonyl (C=O) groups is 2. The summed E-state index contributed by atoms with van der Waals surface area (Å²) in [5.41, 5.74) is 0.339. The number of rotatable bonds is 2. The van der Waals surface area contributed by atoms with E-state index in [0.717, 1.165) is 0 Å². The average Bonchev–Trinajstić information content (AvgIpc) is 2.27. The predicted octanol–water partition coefficient (Wildman–Crippen LogP) is 1.98. The summed E-state index contributed by atoms with van der Waals surface area (Å²) in [5.74, 6) is -0.115. The van der Waals surface area contributed by atoms with Crippen LogP contribution >= 0.6 is 11.6 Å². The second-order valence-corrected chi connectivity index (χ2v) is 6.18. The molecule has 0 radical (unpaired) electrons. The van der Waals surface area contributed by atoms with Crippen molar-refractivity contribution in [1.82, 2.24) is 5.32 Å². The number of esters is 1. The van der Waals surface area contributed by atoms with Crippen molar-refractivity contribution < 1.29 is 14.3 Å². The third-order valence-electron chi connectivity index (χ3n) is 2.65. The molecule has 1 N–H and O–H groups in total. The Labute approximate surface area is 122 Å². The van der Waals surface area contributed by atoms with Gasteiger partial charge in [0.15, 0.2) is 5.75 Å². The third-order valence-corrected chi connectivity index (χ3v) is 2.89. The maximum atomic E-state index is 12.0. The number of benzene rings is 1. The summed E-state index contributed by atoms with van der Waals surface area (Å²) in [5, 5.41) is 3.39. The number of amides is 1. The molecule has 2 rings (SSSR count). The first kappa shape index (κ1) is 14.7. The average molecular weight is 297 g/mol. The first-order valence-corrected chi connectivity index (χ1v) is 6.68. The second-order valence-electron chi connectivity index (χ2n) is 5.74. The number of carbonyl (C=O) groups excluding carboxylic acids is 2. The zero-order valence-electron chi connectivity index (χ0n) is 11.7. The van der Waals surface area contributed by atoms with E-state index in [-0.39, 0.29) is 30.5 Å². The fourth-order valence-corrected chi connectivity index (χ4v) is 2.16. The molecule has 1 aromatic rings. The van der Waals surface area contributed by atoms with Crippen LogP contribution < -0.4 is 15.0 Å². The van der Waals surface area contributed by atoms with Crippen molar-refractivity contribution in [1.29, 1.82) is 0 Å². The van der Waals surface area contributed by atoms with E-state index in [0.29, 0.717) is 16.5 Å². The largest absolute Gasteiger partial charge is 0.423 e. The summed E-state index contributed by atoms with van der Waals surface area (Å²) in [6.07, 6.45) is 0. The number of hydrogen-bond donors (Lipinski definition) is 1. The van der Waals surface area contributed by atoms with Crippen molar-refractivity contribution in [3.05, 3.63) is 23.2 Å². The van der Waals surface area contributed by atoms with Gasteiger partial charge in [-0.25, -0.2) is 4.79 Å². The molecule has 0 bridgehead atoms. The van der Waals surface area contributed by atoms with E-state index in [1.807, 2.05) is 20.8 Å². The summed E-state index contributed by atoms with van der Waals surface area (Å²) < 4.78 is 5.13. The fraction of sp³-hybridized carbons (Fsp3) is 0.429. The SMILES string of the molecule is CC(C)(C)NC(=O)CN1CC(=O)Oc2ccc(Cl)cc21. The second kappa shape index (κ2) is 5.32. The standard InChI is InChI=1S/C14H17ClN2O3/c1-14(2,3)16-12(18)7-17-8-13(19)20-11-5-4-9(15)6-10(11)17/h4-6H,7-8H2,1-3H3,(H,16,18). The molecule has 1 amide bonds. The van der Waals surface area contributed by atoms with Gasteiger partial charge in [0.25, 0.3) is 0 Å². The first-order valence-electron chi connectivity index (χ1n) is 6.31. The lowest BCUT2D eigenvalue weighted by Crippen LogP contribution is -2.48. The molecule has 0 saturated heterocycles. The fourth-order valence-electron chi connectivity index (χ4n) is 1.99. The van der Waals surface area contributed by atoms with E-state index in [9.17, 15) is 9.59 Å². The summed E-state index contributed by atoms with van der Waals surface area (Å²) >= 11 is 5.95. The number of nitrogens with zero attached hydrogens (tertiary/aromatic N) is 1. The molecule has 6 heteroatoms. The molecular formula is C14H17ClN2O3. The molecule has 1 aliphatic heterocycles. The molecule has 0 aromatic heterocycles. The van der Waals surface area contributed by atoms with Crippen LogP contribution in [0.1, 0.15) is 20.8 Å². The molecule has 0 spiro atoms. The van der Waals surface area contributed by atoms with Crippen LogP contribution in [0, 0.1) is 0 Å². The lowest BCUT2D eigenvalue weighted by atomic mass is 10.1. The minimum Gasteiger partial charge on any atom is -0.423 e. The Bertz CT molecular complexity index is 552. The van der Waals surface area contributed by atoms with Gasteiger partial charge in [-0.05, 0) is 39.0 Å². The van der Waals surface area contributed by atoms with Crippen molar-refractivity contribution >= 4 is 29.2 Å². The highest BCUT2D eigenvalue weighted by Gasteiger charge is 2.26. The highest BCUT2D eigenvalue weighted by molar-refractivity contribution is 6.31. The number of ether oxygens (including phenoxy) is 1. The lowest BCUT2D eigenvalue weighted by Gasteiger charge is -2.30. The smallest absolute Gasteiger partial charge is 0.331 e. The predicted molar refractivity (Wildman–Crippen MR) is 77.2 cm³/mol. The van der Waals surface area contributed by atoms with Crippen LogP contribution in [0.2, 0.25) is 5.02 Å². The van der Waals surface area contributed by atoms with Crippen molar-refractivity contribution in [3.8, 4) is 5.75 Å². The Morgan fingerprint density at radius 3 is 2.80 bits per heavy atom. The molecule has 0 atom stereocenters. The van der Waals surface area contributed by atoms with Gasteiger partial charge >= 0.3 is 5.97 Å². The van der Waals surface area contributed by atoms with E-state index >= 15 is 0 Å². The van der Waals surface area contributed by atoms with Gasteiger partial charge in [-0.2, -0.15) is 0 Å². The molecule has 0 fully saturated rings. The van der Waals surface area contributed by atoms with Crippen LogP contribution in [0.4, 0.5) is 5.69 Å². The van der Waals surface area contributed by atoms with Crippen LogP contribution in [0.3, 0.4) is 0 Å². The van der Waals surface area contributed by atoms with Crippen molar-refractivity contribution in [2.24, 2.45) is 0 Å².